The third kappa shape index (κ3) is 4.49. The number of ether oxygens (including phenoxy) is 2. The normalized spacial score (nSPS) is 18.6. The number of likely N-dealkylation sites (N-methyl/N-ethyl adjacent to an activating group) is 1. The van der Waals surface area contributed by atoms with Gasteiger partial charge in [0.05, 0.1) is 19.8 Å². The first-order valence-corrected chi connectivity index (χ1v) is 8.51. The maximum absolute atomic E-state index is 12.6. The van der Waals surface area contributed by atoms with Crippen molar-refractivity contribution in [1.29, 1.82) is 0 Å². The van der Waals surface area contributed by atoms with E-state index in [1.54, 1.807) is 21.3 Å². The molecule has 2 amide bonds. The number of hydrogen-bond donors (Lipinski definition) is 2. The Kier molecular flexibility index (Phi) is 7.21. The molecule has 2 unspecified atom stereocenters. The van der Waals surface area contributed by atoms with E-state index < -0.39 is 6.04 Å². The van der Waals surface area contributed by atoms with Crippen LogP contribution < -0.4 is 15.4 Å². The van der Waals surface area contributed by atoms with Gasteiger partial charge >= 0.3 is 0 Å². The highest BCUT2D eigenvalue weighted by Crippen LogP contribution is 2.34. The fraction of sp³-hybridized carbons (Fsp3) is 0.556. The van der Waals surface area contributed by atoms with Gasteiger partial charge in [0.15, 0.2) is 0 Å². The van der Waals surface area contributed by atoms with Crippen LogP contribution in [0.15, 0.2) is 24.3 Å². The Hall–Kier alpha value is -2.12. The third-order valence-corrected chi connectivity index (χ3v) is 4.46. The predicted octanol–water partition coefficient (Wildman–Crippen LogP) is 0.709. The number of likely N-dealkylation sites (tertiary alicyclic amines) is 1. The zero-order chi connectivity index (χ0) is 18.2. The number of nitrogens with zero attached hydrogens (tertiary/aromatic N) is 1. The average molecular weight is 349 g/mol. The number of carbonyl (C=O) groups is 2. The minimum Gasteiger partial charge on any atom is -0.496 e. The lowest BCUT2D eigenvalue weighted by atomic mass is 10.0. The standard InChI is InChI=1S/C18H27N3O4/c1-19-18(23)16(13-7-4-5-9-15(13)25-3)21-11-6-8-14(21)17(22)20-10-12-24-2/h4-5,7,9,14,16H,6,8,10-12H2,1-3H3,(H,19,23)(H,20,22). The van der Waals surface area contributed by atoms with Crippen LogP contribution >= 0.6 is 0 Å². The monoisotopic (exact) mass is 349 g/mol. The van der Waals surface area contributed by atoms with E-state index in [-0.39, 0.29) is 17.9 Å². The molecule has 2 atom stereocenters. The van der Waals surface area contributed by atoms with Gasteiger partial charge in [0.2, 0.25) is 11.8 Å². The zero-order valence-corrected chi connectivity index (χ0v) is 15.1. The van der Waals surface area contributed by atoms with Gasteiger partial charge in [-0.2, -0.15) is 0 Å². The number of methoxy groups -OCH3 is 2. The van der Waals surface area contributed by atoms with Gasteiger partial charge in [-0.15, -0.1) is 0 Å². The zero-order valence-electron chi connectivity index (χ0n) is 15.1. The van der Waals surface area contributed by atoms with E-state index in [9.17, 15) is 9.59 Å². The first kappa shape index (κ1) is 19.2. The molecule has 0 aliphatic carbocycles. The predicted molar refractivity (Wildman–Crippen MR) is 94.4 cm³/mol. The van der Waals surface area contributed by atoms with Gasteiger partial charge < -0.3 is 20.1 Å². The summed E-state index contributed by atoms with van der Waals surface area (Å²) < 4.78 is 10.4. The third-order valence-electron chi connectivity index (χ3n) is 4.46. The van der Waals surface area contributed by atoms with Gasteiger partial charge in [-0.25, -0.2) is 0 Å². The molecule has 1 aromatic rings. The molecule has 138 valence electrons. The molecule has 1 saturated heterocycles. The number of amides is 2. The van der Waals surface area contributed by atoms with Crippen molar-refractivity contribution in [2.75, 3.05) is 41.0 Å². The SMILES string of the molecule is CNC(=O)C(c1ccccc1OC)N1CCCC1C(=O)NCCOC. The van der Waals surface area contributed by atoms with Crippen molar-refractivity contribution in [3.8, 4) is 5.75 Å². The van der Waals surface area contributed by atoms with Crippen LogP contribution in [0.2, 0.25) is 0 Å². The van der Waals surface area contributed by atoms with E-state index in [0.29, 0.717) is 25.4 Å². The molecule has 0 saturated carbocycles. The molecular weight excluding hydrogens is 322 g/mol. The smallest absolute Gasteiger partial charge is 0.241 e. The van der Waals surface area contributed by atoms with Crippen LogP contribution in [0.1, 0.15) is 24.4 Å². The second-order valence-corrected chi connectivity index (χ2v) is 5.94. The van der Waals surface area contributed by atoms with E-state index in [1.807, 2.05) is 29.2 Å². The molecule has 7 heteroatoms. The molecule has 2 N–H and O–H groups in total. The summed E-state index contributed by atoms with van der Waals surface area (Å²) in [6.45, 7) is 1.60. The lowest BCUT2D eigenvalue weighted by Crippen LogP contribution is -2.49. The minimum atomic E-state index is -0.568. The Balaban J connectivity index is 2.27. The maximum atomic E-state index is 12.6. The summed E-state index contributed by atoms with van der Waals surface area (Å²) in [4.78, 5) is 27.2. The molecule has 0 radical (unpaired) electrons. The van der Waals surface area contributed by atoms with E-state index in [2.05, 4.69) is 10.6 Å². The summed E-state index contributed by atoms with van der Waals surface area (Å²) in [5.74, 6) is 0.418. The highest BCUT2D eigenvalue weighted by molar-refractivity contribution is 5.86. The van der Waals surface area contributed by atoms with E-state index in [1.165, 1.54) is 0 Å². The Morgan fingerprint density at radius 3 is 2.76 bits per heavy atom. The number of rotatable bonds is 8. The minimum absolute atomic E-state index is 0.0710. The molecule has 1 aliphatic rings. The Bertz CT molecular complexity index is 593. The van der Waals surface area contributed by atoms with E-state index in [0.717, 1.165) is 18.4 Å². The highest BCUT2D eigenvalue weighted by atomic mass is 16.5. The van der Waals surface area contributed by atoms with Crippen LogP contribution in [-0.2, 0) is 14.3 Å². The Labute approximate surface area is 148 Å². The molecular formula is C18H27N3O4. The maximum Gasteiger partial charge on any atom is 0.241 e. The second-order valence-electron chi connectivity index (χ2n) is 5.94. The topological polar surface area (TPSA) is 79.9 Å². The van der Waals surface area contributed by atoms with Gasteiger partial charge in [0, 0.05) is 32.8 Å². The first-order chi connectivity index (χ1) is 12.1. The number of carbonyl (C=O) groups excluding carboxylic acids is 2. The molecule has 1 aliphatic heterocycles. The Morgan fingerprint density at radius 1 is 1.32 bits per heavy atom. The van der Waals surface area contributed by atoms with Crippen molar-refractivity contribution in [2.45, 2.75) is 24.9 Å². The van der Waals surface area contributed by atoms with Gasteiger partial charge in [-0.05, 0) is 18.9 Å². The summed E-state index contributed by atoms with van der Waals surface area (Å²) >= 11 is 0. The van der Waals surface area contributed by atoms with Crippen molar-refractivity contribution in [3.05, 3.63) is 29.8 Å². The van der Waals surface area contributed by atoms with Crippen molar-refractivity contribution in [1.82, 2.24) is 15.5 Å². The molecule has 1 fully saturated rings. The van der Waals surface area contributed by atoms with Crippen LogP contribution in [0, 0.1) is 0 Å². The molecule has 2 rings (SSSR count). The lowest BCUT2D eigenvalue weighted by Gasteiger charge is -2.32. The largest absolute Gasteiger partial charge is 0.496 e. The van der Waals surface area contributed by atoms with Crippen molar-refractivity contribution >= 4 is 11.8 Å². The summed E-state index contributed by atoms with van der Waals surface area (Å²) in [5.41, 5.74) is 0.765. The van der Waals surface area contributed by atoms with Crippen molar-refractivity contribution in [3.63, 3.8) is 0 Å². The van der Waals surface area contributed by atoms with Crippen LogP contribution in [0.3, 0.4) is 0 Å². The lowest BCUT2D eigenvalue weighted by molar-refractivity contribution is -0.131. The van der Waals surface area contributed by atoms with Gasteiger partial charge in [-0.3, -0.25) is 14.5 Å². The average Bonchev–Trinajstić information content (AvgIpc) is 3.11. The van der Waals surface area contributed by atoms with Crippen LogP contribution in [-0.4, -0.2) is 63.7 Å². The summed E-state index contributed by atoms with van der Waals surface area (Å²) in [6.07, 6.45) is 1.59. The Morgan fingerprint density at radius 2 is 2.08 bits per heavy atom. The summed E-state index contributed by atoms with van der Waals surface area (Å²) in [5, 5.41) is 5.59. The molecule has 25 heavy (non-hydrogen) atoms. The van der Waals surface area contributed by atoms with Crippen molar-refractivity contribution < 1.29 is 19.1 Å². The molecule has 1 aromatic carbocycles. The van der Waals surface area contributed by atoms with Gasteiger partial charge in [0.1, 0.15) is 11.8 Å². The first-order valence-electron chi connectivity index (χ1n) is 8.51. The van der Waals surface area contributed by atoms with Crippen molar-refractivity contribution in [2.24, 2.45) is 0 Å². The van der Waals surface area contributed by atoms with E-state index >= 15 is 0 Å². The fourth-order valence-corrected chi connectivity index (χ4v) is 3.27. The molecule has 7 nitrogen and oxygen atoms in total. The fourth-order valence-electron chi connectivity index (χ4n) is 3.27. The van der Waals surface area contributed by atoms with E-state index in [4.69, 9.17) is 9.47 Å². The number of hydrogen-bond acceptors (Lipinski definition) is 5. The number of nitrogens with one attached hydrogen (secondary N) is 2. The summed E-state index contributed by atoms with van der Waals surface area (Å²) in [6, 6.07) is 6.52. The summed E-state index contributed by atoms with van der Waals surface area (Å²) in [7, 11) is 4.78. The molecule has 0 spiro atoms. The van der Waals surface area contributed by atoms with Crippen LogP contribution in [0.25, 0.3) is 0 Å². The van der Waals surface area contributed by atoms with Gasteiger partial charge in [0.25, 0.3) is 0 Å². The number of para-hydroxylation sites is 1. The highest BCUT2D eigenvalue weighted by Gasteiger charge is 2.40. The second kappa shape index (κ2) is 9.39. The van der Waals surface area contributed by atoms with Crippen LogP contribution in [0.5, 0.6) is 5.75 Å². The van der Waals surface area contributed by atoms with Crippen LogP contribution in [0.4, 0.5) is 0 Å². The molecule has 0 aromatic heterocycles. The molecule has 1 heterocycles. The molecule has 0 bridgehead atoms. The van der Waals surface area contributed by atoms with Gasteiger partial charge in [-0.1, -0.05) is 18.2 Å². The number of benzene rings is 1. The quantitative estimate of drug-likeness (QED) is 0.676.